The van der Waals surface area contributed by atoms with Crippen LogP contribution in [-0.2, 0) is 0 Å². The maximum absolute atomic E-state index is 3.52. The molecule has 3 heteroatoms. The van der Waals surface area contributed by atoms with Crippen molar-refractivity contribution < 1.29 is 0 Å². The molecule has 0 amide bonds. The van der Waals surface area contributed by atoms with E-state index in [1.807, 2.05) is 0 Å². The Morgan fingerprint density at radius 1 is 0.864 bits per heavy atom. The molecule has 0 aliphatic carbocycles. The first-order valence-electron chi connectivity index (χ1n) is 9.90. The second-order valence-corrected chi connectivity index (χ2v) is 7.66. The molecule has 3 nitrogen and oxygen atoms in total. The Bertz CT molecular complexity index is 281. The van der Waals surface area contributed by atoms with Crippen LogP contribution in [0.1, 0.15) is 65.7 Å². The van der Waals surface area contributed by atoms with E-state index in [-0.39, 0.29) is 0 Å². The van der Waals surface area contributed by atoms with Gasteiger partial charge in [0.25, 0.3) is 0 Å². The fourth-order valence-electron chi connectivity index (χ4n) is 4.42. The molecule has 0 aromatic carbocycles. The molecule has 3 aliphatic heterocycles. The van der Waals surface area contributed by atoms with E-state index < -0.39 is 0 Å². The summed E-state index contributed by atoms with van der Waals surface area (Å²) in [6.45, 7) is 15.7. The van der Waals surface area contributed by atoms with Gasteiger partial charge in [0, 0.05) is 6.04 Å². The van der Waals surface area contributed by atoms with Crippen LogP contribution in [0.2, 0.25) is 0 Å². The van der Waals surface area contributed by atoms with Crippen molar-refractivity contribution in [2.75, 3.05) is 45.8 Å². The van der Waals surface area contributed by atoms with Gasteiger partial charge in [-0.1, -0.05) is 27.2 Å². The average molecular weight is 310 g/mol. The first kappa shape index (κ1) is 18.2. The summed E-state index contributed by atoms with van der Waals surface area (Å²) in [5, 5.41) is 3.52. The van der Waals surface area contributed by atoms with Crippen molar-refractivity contribution in [3.63, 3.8) is 0 Å². The van der Waals surface area contributed by atoms with Crippen molar-refractivity contribution >= 4 is 0 Å². The highest BCUT2D eigenvalue weighted by molar-refractivity contribution is 4.92. The smallest absolute Gasteiger partial charge is 0.0120 e. The van der Waals surface area contributed by atoms with Gasteiger partial charge in [0.1, 0.15) is 0 Å². The van der Waals surface area contributed by atoms with Crippen LogP contribution in [0.5, 0.6) is 0 Å². The third-order valence-electron chi connectivity index (χ3n) is 6.04. The lowest BCUT2D eigenvalue weighted by atomic mass is 9.71. The zero-order chi connectivity index (χ0) is 15.8. The van der Waals surface area contributed by atoms with E-state index in [9.17, 15) is 0 Å². The lowest BCUT2D eigenvalue weighted by Crippen LogP contribution is -2.51. The van der Waals surface area contributed by atoms with Crippen LogP contribution in [0.15, 0.2) is 0 Å². The van der Waals surface area contributed by atoms with E-state index in [0.29, 0.717) is 5.41 Å². The monoisotopic (exact) mass is 309 g/mol. The summed E-state index contributed by atoms with van der Waals surface area (Å²) in [7, 11) is 0. The van der Waals surface area contributed by atoms with Gasteiger partial charge >= 0.3 is 0 Å². The lowest BCUT2D eigenvalue weighted by molar-refractivity contribution is 0.0290. The third-order valence-corrected chi connectivity index (χ3v) is 6.04. The number of likely N-dealkylation sites (tertiary alicyclic amines) is 2. The van der Waals surface area contributed by atoms with Crippen molar-refractivity contribution in [2.45, 2.75) is 71.8 Å². The van der Waals surface area contributed by atoms with Crippen LogP contribution in [0.4, 0.5) is 0 Å². The molecule has 1 N–H and O–H groups in total. The topological polar surface area (TPSA) is 18.5 Å². The summed E-state index contributed by atoms with van der Waals surface area (Å²) >= 11 is 0. The Labute approximate surface area is 138 Å². The summed E-state index contributed by atoms with van der Waals surface area (Å²) < 4.78 is 0. The molecule has 0 aromatic rings. The number of hydrogen-bond donors (Lipinski definition) is 1. The number of hydrogen-bond acceptors (Lipinski definition) is 3. The molecular formula is C19H39N3. The number of nitrogens with one attached hydrogen (secondary N) is 1. The molecule has 0 radical (unpaired) electrons. The molecule has 3 heterocycles. The van der Waals surface area contributed by atoms with E-state index in [0.717, 1.165) is 6.04 Å². The van der Waals surface area contributed by atoms with Gasteiger partial charge in [-0.3, -0.25) is 0 Å². The molecule has 0 bridgehead atoms. The Kier molecular flexibility index (Phi) is 7.66. The molecular weight excluding hydrogens is 270 g/mol. The SMILES string of the molecule is CCC.CCN1CCC(N2CCC3(CCNCC3)CC2)CC1. The van der Waals surface area contributed by atoms with Crippen LogP contribution in [0.3, 0.4) is 0 Å². The molecule has 0 aromatic heterocycles. The van der Waals surface area contributed by atoms with Crippen LogP contribution in [0, 0.1) is 5.41 Å². The molecule has 3 aliphatic rings. The quantitative estimate of drug-likeness (QED) is 0.844. The standard InChI is InChI=1S/C16H31N3.C3H8/c1-2-18-11-3-15(4-12-18)19-13-7-16(8-14-19)5-9-17-10-6-16;1-3-2/h15,17H,2-14H2,1H3;3H2,1-2H3. The minimum atomic E-state index is 0.714. The Morgan fingerprint density at radius 2 is 1.41 bits per heavy atom. The zero-order valence-electron chi connectivity index (χ0n) is 15.4. The molecule has 0 saturated carbocycles. The molecule has 3 fully saturated rings. The lowest BCUT2D eigenvalue weighted by Gasteiger charge is -2.48. The van der Waals surface area contributed by atoms with Gasteiger partial charge in [-0.15, -0.1) is 0 Å². The van der Waals surface area contributed by atoms with Gasteiger partial charge in [0.2, 0.25) is 0 Å². The third kappa shape index (κ3) is 4.94. The van der Waals surface area contributed by atoms with Gasteiger partial charge in [-0.05, 0) is 89.8 Å². The van der Waals surface area contributed by atoms with Gasteiger partial charge in [-0.2, -0.15) is 0 Å². The number of piperidine rings is 3. The van der Waals surface area contributed by atoms with Crippen LogP contribution < -0.4 is 5.32 Å². The van der Waals surface area contributed by atoms with Gasteiger partial charge in [0.05, 0.1) is 0 Å². The van der Waals surface area contributed by atoms with E-state index >= 15 is 0 Å². The van der Waals surface area contributed by atoms with E-state index in [1.165, 1.54) is 90.8 Å². The van der Waals surface area contributed by atoms with Gasteiger partial charge < -0.3 is 15.1 Å². The summed E-state index contributed by atoms with van der Waals surface area (Å²) in [6.07, 6.45) is 9.83. The second-order valence-electron chi connectivity index (χ2n) is 7.66. The van der Waals surface area contributed by atoms with E-state index in [2.05, 4.69) is 35.9 Å². The molecule has 3 rings (SSSR count). The Balaban J connectivity index is 0.000000545. The zero-order valence-corrected chi connectivity index (χ0v) is 15.4. The molecule has 1 spiro atoms. The summed E-state index contributed by atoms with van der Waals surface area (Å²) in [5.74, 6) is 0. The van der Waals surface area contributed by atoms with Crippen LogP contribution in [0.25, 0.3) is 0 Å². The van der Waals surface area contributed by atoms with Crippen molar-refractivity contribution in [3.8, 4) is 0 Å². The summed E-state index contributed by atoms with van der Waals surface area (Å²) in [5.41, 5.74) is 0.714. The van der Waals surface area contributed by atoms with E-state index in [1.54, 1.807) is 0 Å². The molecule has 22 heavy (non-hydrogen) atoms. The Hall–Kier alpha value is -0.120. The second kappa shape index (κ2) is 9.24. The minimum Gasteiger partial charge on any atom is -0.317 e. The molecule has 0 unspecified atom stereocenters. The van der Waals surface area contributed by atoms with Gasteiger partial charge in [0.15, 0.2) is 0 Å². The number of rotatable bonds is 2. The fraction of sp³-hybridized carbons (Fsp3) is 1.00. The van der Waals surface area contributed by atoms with E-state index in [4.69, 9.17) is 0 Å². The highest BCUT2D eigenvalue weighted by Crippen LogP contribution is 2.40. The normalized spacial score (nSPS) is 27.4. The molecule has 3 saturated heterocycles. The fourth-order valence-corrected chi connectivity index (χ4v) is 4.42. The van der Waals surface area contributed by atoms with Crippen LogP contribution in [-0.4, -0.2) is 61.7 Å². The summed E-state index contributed by atoms with van der Waals surface area (Å²) in [4.78, 5) is 5.43. The first-order chi connectivity index (χ1) is 10.7. The maximum Gasteiger partial charge on any atom is 0.0120 e. The van der Waals surface area contributed by atoms with Crippen molar-refractivity contribution in [2.24, 2.45) is 5.41 Å². The largest absolute Gasteiger partial charge is 0.317 e. The summed E-state index contributed by atoms with van der Waals surface area (Å²) in [6, 6.07) is 0.891. The Morgan fingerprint density at radius 3 is 1.91 bits per heavy atom. The molecule has 130 valence electrons. The van der Waals surface area contributed by atoms with Gasteiger partial charge in [-0.25, -0.2) is 0 Å². The highest BCUT2D eigenvalue weighted by atomic mass is 15.2. The predicted octanol–water partition coefficient (Wildman–Crippen LogP) is 3.35. The minimum absolute atomic E-state index is 0.714. The highest BCUT2D eigenvalue weighted by Gasteiger charge is 2.37. The predicted molar refractivity (Wildman–Crippen MR) is 96.4 cm³/mol. The van der Waals surface area contributed by atoms with Crippen molar-refractivity contribution in [1.29, 1.82) is 0 Å². The van der Waals surface area contributed by atoms with Crippen LogP contribution >= 0.6 is 0 Å². The van der Waals surface area contributed by atoms with Crippen molar-refractivity contribution in [1.82, 2.24) is 15.1 Å². The first-order valence-corrected chi connectivity index (χ1v) is 9.90. The average Bonchev–Trinajstić information content (AvgIpc) is 2.57. The maximum atomic E-state index is 3.52. The number of nitrogens with zero attached hydrogens (tertiary/aromatic N) is 2. The van der Waals surface area contributed by atoms with Crippen molar-refractivity contribution in [3.05, 3.63) is 0 Å². The molecule has 0 atom stereocenters.